The van der Waals surface area contributed by atoms with E-state index < -0.39 is 9.84 Å². The number of carbonyl (C=O) groups is 1. The zero-order valence-corrected chi connectivity index (χ0v) is 23.6. The zero-order valence-electron chi connectivity index (χ0n) is 22.7. The first-order valence-electron chi connectivity index (χ1n) is 13.6. The summed E-state index contributed by atoms with van der Waals surface area (Å²) in [6.07, 6.45) is 4.05. The Balaban J connectivity index is 1.19. The number of aromatic nitrogens is 3. The van der Waals surface area contributed by atoms with E-state index in [1.807, 2.05) is 36.4 Å². The maximum absolute atomic E-state index is 12.9. The number of sulfone groups is 1. The molecule has 1 aromatic carbocycles. The molecule has 3 aromatic heterocycles. The SMILES string of the molecule is CO[C@H]1CCCN(c2cccc(-c3ccc4cnc(CNC(=O)c5ccc6c(c5)S(=O)(=O)CCOC6)cc4n3)n2)C1. The van der Waals surface area contributed by atoms with E-state index in [0.29, 0.717) is 11.3 Å². The van der Waals surface area contributed by atoms with Gasteiger partial charge in [-0.05, 0) is 60.9 Å². The molecule has 2 aliphatic rings. The van der Waals surface area contributed by atoms with Crippen molar-refractivity contribution in [2.45, 2.75) is 37.0 Å². The van der Waals surface area contributed by atoms with Crippen LogP contribution < -0.4 is 10.2 Å². The second-order valence-electron chi connectivity index (χ2n) is 10.3. The van der Waals surface area contributed by atoms with Crippen LogP contribution in [0.3, 0.4) is 0 Å². The molecule has 0 bridgehead atoms. The Hall–Kier alpha value is -3.93. The second-order valence-corrected chi connectivity index (χ2v) is 12.3. The van der Waals surface area contributed by atoms with Crippen LogP contribution in [-0.2, 0) is 32.5 Å². The van der Waals surface area contributed by atoms with Crippen molar-refractivity contribution in [2.24, 2.45) is 0 Å². The Morgan fingerprint density at radius 2 is 2.00 bits per heavy atom. The zero-order chi connectivity index (χ0) is 28.4. The van der Waals surface area contributed by atoms with Crippen LogP contribution in [0.4, 0.5) is 5.82 Å². The molecule has 4 aromatic rings. The van der Waals surface area contributed by atoms with Crippen LogP contribution in [0.15, 0.2) is 65.7 Å². The molecule has 212 valence electrons. The summed E-state index contributed by atoms with van der Waals surface area (Å²) >= 11 is 0. The lowest BCUT2D eigenvalue weighted by Crippen LogP contribution is -2.39. The Morgan fingerprint density at radius 1 is 1.12 bits per heavy atom. The van der Waals surface area contributed by atoms with Crippen molar-refractivity contribution < 1.29 is 22.7 Å². The minimum Gasteiger partial charge on any atom is -0.380 e. The van der Waals surface area contributed by atoms with Gasteiger partial charge >= 0.3 is 0 Å². The predicted molar refractivity (Wildman–Crippen MR) is 154 cm³/mol. The molecule has 2 aliphatic heterocycles. The first-order valence-corrected chi connectivity index (χ1v) is 15.3. The van der Waals surface area contributed by atoms with E-state index in [2.05, 4.69) is 15.2 Å². The second kappa shape index (κ2) is 11.5. The van der Waals surface area contributed by atoms with Crippen molar-refractivity contribution >= 4 is 32.5 Å². The third-order valence-electron chi connectivity index (χ3n) is 7.51. The monoisotopic (exact) mass is 573 g/mol. The maximum atomic E-state index is 12.9. The summed E-state index contributed by atoms with van der Waals surface area (Å²) in [5.74, 6) is 0.418. The highest BCUT2D eigenvalue weighted by molar-refractivity contribution is 7.91. The minimum absolute atomic E-state index is 0.104. The van der Waals surface area contributed by atoms with Crippen LogP contribution in [0.1, 0.15) is 34.5 Å². The normalized spacial score (nSPS) is 18.5. The van der Waals surface area contributed by atoms with Crippen LogP contribution in [0.2, 0.25) is 0 Å². The van der Waals surface area contributed by atoms with Gasteiger partial charge in [-0.15, -0.1) is 0 Å². The average molecular weight is 574 g/mol. The van der Waals surface area contributed by atoms with Crippen molar-refractivity contribution in [1.29, 1.82) is 0 Å². The molecular weight excluding hydrogens is 542 g/mol. The molecule has 0 radical (unpaired) electrons. The summed E-state index contributed by atoms with van der Waals surface area (Å²) in [4.78, 5) is 29.5. The van der Waals surface area contributed by atoms with Crippen molar-refractivity contribution in [3.8, 4) is 11.4 Å². The van der Waals surface area contributed by atoms with Gasteiger partial charge in [-0.3, -0.25) is 9.78 Å². The van der Waals surface area contributed by atoms with Gasteiger partial charge in [0.05, 0.1) is 59.1 Å². The standard InChI is InChI=1S/C30H31N5O5S/c1-39-24-4-3-11-35(18-24)29-6-2-5-25(34-29)26-10-9-21-16-31-23(15-27(21)33-26)17-32-30(36)20-7-8-22-19-40-12-13-41(37,38)28(22)14-20/h2,5-10,14-16,24H,3-4,11-13,17-19H2,1H3,(H,32,36)/t24-/m0/s1. The molecule has 5 heterocycles. The molecule has 1 atom stereocenters. The molecule has 1 saturated heterocycles. The van der Waals surface area contributed by atoms with E-state index in [4.69, 9.17) is 19.4 Å². The molecule has 0 spiro atoms. The number of ether oxygens (including phenoxy) is 2. The summed E-state index contributed by atoms with van der Waals surface area (Å²) in [7, 11) is -1.75. The third kappa shape index (κ3) is 5.92. The van der Waals surface area contributed by atoms with Crippen molar-refractivity contribution in [3.63, 3.8) is 0 Å². The molecule has 0 unspecified atom stereocenters. The molecule has 1 N–H and O–H groups in total. The Labute approximate surface area is 238 Å². The van der Waals surface area contributed by atoms with Crippen LogP contribution in [0.25, 0.3) is 22.3 Å². The van der Waals surface area contributed by atoms with Gasteiger partial charge in [0.1, 0.15) is 5.82 Å². The van der Waals surface area contributed by atoms with Gasteiger partial charge in [0, 0.05) is 37.3 Å². The van der Waals surface area contributed by atoms with Crippen molar-refractivity contribution in [3.05, 3.63) is 77.6 Å². The van der Waals surface area contributed by atoms with Crippen LogP contribution in [-0.4, -0.2) is 67.9 Å². The van der Waals surface area contributed by atoms with Gasteiger partial charge in [-0.25, -0.2) is 18.4 Å². The summed E-state index contributed by atoms with van der Waals surface area (Å²) in [5, 5.41) is 3.72. The molecule has 10 nitrogen and oxygen atoms in total. The number of nitrogens with one attached hydrogen (secondary N) is 1. The van der Waals surface area contributed by atoms with Gasteiger partial charge in [0.15, 0.2) is 9.84 Å². The molecule has 0 aliphatic carbocycles. The number of hydrogen-bond acceptors (Lipinski definition) is 9. The van der Waals surface area contributed by atoms with E-state index in [1.165, 1.54) is 6.07 Å². The average Bonchev–Trinajstić information content (AvgIpc) is 3.16. The highest BCUT2D eigenvalue weighted by Gasteiger charge is 2.24. The number of nitrogens with zero attached hydrogens (tertiary/aromatic N) is 4. The number of carbonyl (C=O) groups excluding carboxylic acids is 1. The Morgan fingerprint density at radius 3 is 2.88 bits per heavy atom. The molecule has 6 rings (SSSR count). The number of methoxy groups -OCH3 is 1. The van der Waals surface area contributed by atoms with Gasteiger partial charge in [0.25, 0.3) is 5.91 Å². The first-order chi connectivity index (χ1) is 19.9. The number of rotatable bonds is 6. The smallest absolute Gasteiger partial charge is 0.251 e. The van der Waals surface area contributed by atoms with E-state index in [-0.39, 0.29) is 48.0 Å². The molecule has 11 heteroatoms. The van der Waals surface area contributed by atoms with E-state index in [0.717, 1.165) is 54.0 Å². The predicted octanol–water partition coefficient (Wildman–Crippen LogP) is 3.54. The topological polar surface area (TPSA) is 124 Å². The Kier molecular flexibility index (Phi) is 7.65. The molecule has 1 fully saturated rings. The lowest BCUT2D eigenvalue weighted by molar-refractivity contribution is 0.0891. The summed E-state index contributed by atoms with van der Waals surface area (Å²) in [6.45, 7) is 2.26. The van der Waals surface area contributed by atoms with Gasteiger partial charge in [-0.2, -0.15) is 0 Å². The number of piperidine rings is 1. The highest BCUT2D eigenvalue weighted by Crippen LogP contribution is 2.25. The van der Waals surface area contributed by atoms with Crippen molar-refractivity contribution in [1.82, 2.24) is 20.3 Å². The van der Waals surface area contributed by atoms with Gasteiger partial charge in [-0.1, -0.05) is 12.1 Å². The number of pyridine rings is 3. The third-order valence-corrected chi connectivity index (χ3v) is 9.27. The maximum Gasteiger partial charge on any atom is 0.251 e. The van der Waals surface area contributed by atoms with Crippen molar-refractivity contribution in [2.75, 3.05) is 37.5 Å². The summed E-state index contributed by atoms with van der Waals surface area (Å²) < 4.78 is 36.1. The lowest BCUT2D eigenvalue weighted by Gasteiger charge is -2.32. The van der Waals surface area contributed by atoms with Gasteiger partial charge < -0.3 is 19.7 Å². The largest absolute Gasteiger partial charge is 0.380 e. The fraction of sp³-hybridized carbons (Fsp3) is 0.333. The van der Waals surface area contributed by atoms with E-state index >= 15 is 0 Å². The van der Waals surface area contributed by atoms with E-state index in [1.54, 1.807) is 25.4 Å². The number of fused-ring (bicyclic) bond motifs is 2. The van der Waals surface area contributed by atoms with E-state index in [9.17, 15) is 13.2 Å². The fourth-order valence-electron chi connectivity index (χ4n) is 5.22. The van der Waals surface area contributed by atoms with Crippen LogP contribution >= 0.6 is 0 Å². The lowest BCUT2D eigenvalue weighted by atomic mass is 10.1. The number of benzene rings is 1. The molecule has 1 amide bonds. The fourth-order valence-corrected chi connectivity index (χ4v) is 6.61. The Bertz CT molecular complexity index is 1710. The molecule has 41 heavy (non-hydrogen) atoms. The summed E-state index contributed by atoms with van der Waals surface area (Å²) in [6, 6.07) is 16.4. The van der Waals surface area contributed by atoms with Crippen LogP contribution in [0, 0.1) is 0 Å². The number of anilines is 1. The van der Waals surface area contributed by atoms with Crippen LogP contribution in [0.5, 0.6) is 0 Å². The molecule has 0 saturated carbocycles. The minimum atomic E-state index is -3.51. The first kappa shape index (κ1) is 27.3. The van der Waals surface area contributed by atoms with Gasteiger partial charge in [0.2, 0.25) is 0 Å². The quantitative estimate of drug-likeness (QED) is 0.369. The molecular formula is C30H31N5O5S. The highest BCUT2D eigenvalue weighted by atomic mass is 32.2. The summed E-state index contributed by atoms with van der Waals surface area (Å²) in [5.41, 5.74) is 3.73. The number of hydrogen-bond donors (Lipinski definition) is 1. The number of amides is 1.